The molecule has 0 unspecified atom stereocenters. The van der Waals surface area contributed by atoms with Crippen molar-refractivity contribution < 1.29 is 18.3 Å². The van der Waals surface area contributed by atoms with E-state index in [1.165, 1.54) is 0 Å². The SMILES string of the molecule is N/C(=N\O)c1nonc1SCCNS(N)(=O)=O. The molecule has 0 radical (unpaired) electrons. The van der Waals surface area contributed by atoms with Gasteiger partial charge >= 0.3 is 0 Å². The lowest BCUT2D eigenvalue weighted by molar-refractivity contribution is 0.296. The third-order valence-corrected chi connectivity index (χ3v) is 3.01. The Morgan fingerprint density at radius 2 is 2.29 bits per heavy atom. The third kappa shape index (κ3) is 4.56. The average Bonchev–Trinajstić information content (AvgIpc) is 2.70. The van der Waals surface area contributed by atoms with Gasteiger partial charge in [0.25, 0.3) is 10.2 Å². The van der Waals surface area contributed by atoms with Crippen LogP contribution >= 0.6 is 11.8 Å². The molecular formula is C5H10N6O4S2. The Balaban J connectivity index is 2.50. The lowest BCUT2D eigenvalue weighted by atomic mass is 10.4. The Kier molecular flexibility index (Phi) is 4.68. The summed E-state index contributed by atoms with van der Waals surface area (Å²) in [6, 6.07) is 0. The van der Waals surface area contributed by atoms with Gasteiger partial charge in [0.1, 0.15) is 0 Å². The van der Waals surface area contributed by atoms with Crippen LogP contribution in [-0.4, -0.2) is 42.1 Å². The summed E-state index contributed by atoms with van der Waals surface area (Å²) in [5.74, 6) is 0.0873. The van der Waals surface area contributed by atoms with Crippen molar-refractivity contribution in [1.82, 2.24) is 15.0 Å². The van der Waals surface area contributed by atoms with Gasteiger partial charge in [-0.2, -0.15) is 8.42 Å². The predicted octanol–water partition coefficient (Wildman–Crippen LogP) is -1.95. The van der Waals surface area contributed by atoms with E-state index < -0.39 is 10.2 Å². The molecule has 0 aliphatic rings. The second kappa shape index (κ2) is 5.81. The van der Waals surface area contributed by atoms with Crippen LogP contribution in [0.25, 0.3) is 0 Å². The largest absolute Gasteiger partial charge is 0.409 e. The van der Waals surface area contributed by atoms with E-state index >= 15 is 0 Å². The molecule has 1 heterocycles. The highest BCUT2D eigenvalue weighted by atomic mass is 32.2. The van der Waals surface area contributed by atoms with Crippen LogP contribution in [0.4, 0.5) is 0 Å². The van der Waals surface area contributed by atoms with Gasteiger partial charge < -0.3 is 10.9 Å². The molecule has 6 N–H and O–H groups in total. The quantitative estimate of drug-likeness (QED) is 0.116. The Morgan fingerprint density at radius 1 is 1.59 bits per heavy atom. The number of hydrogen-bond acceptors (Lipinski definition) is 8. The summed E-state index contributed by atoms with van der Waals surface area (Å²) in [7, 11) is -3.71. The van der Waals surface area contributed by atoms with Crippen LogP contribution in [0.2, 0.25) is 0 Å². The molecule has 0 aromatic carbocycles. The van der Waals surface area contributed by atoms with E-state index in [9.17, 15) is 8.42 Å². The normalized spacial score (nSPS) is 12.9. The van der Waals surface area contributed by atoms with Crippen molar-refractivity contribution in [3.05, 3.63) is 5.69 Å². The second-order valence-electron chi connectivity index (χ2n) is 2.69. The van der Waals surface area contributed by atoms with Gasteiger partial charge in [-0.1, -0.05) is 16.9 Å². The van der Waals surface area contributed by atoms with E-state index in [0.29, 0.717) is 5.75 Å². The summed E-state index contributed by atoms with van der Waals surface area (Å²) >= 11 is 1.12. The second-order valence-corrected chi connectivity index (χ2v) is 5.15. The highest BCUT2D eigenvalue weighted by molar-refractivity contribution is 7.99. The van der Waals surface area contributed by atoms with Crippen LogP contribution in [0.3, 0.4) is 0 Å². The van der Waals surface area contributed by atoms with E-state index in [2.05, 4.69) is 24.8 Å². The summed E-state index contributed by atoms with van der Waals surface area (Å²) in [6.07, 6.45) is 0. The Hall–Kier alpha value is -1.37. The maximum absolute atomic E-state index is 10.6. The highest BCUT2D eigenvalue weighted by Gasteiger charge is 2.14. The zero-order valence-corrected chi connectivity index (χ0v) is 10.0. The van der Waals surface area contributed by atoms with Crippen molar-refractivity contribution in [3.63, 3.8) is 0 Å². The molecule has 0 saturated carbocycles. The van der Waals surface area contributed by atoms with Crippen molar-refractivity contribution in [2.75, 3.05) is 12.3 Å². The Bertz CT molecular complexity index is 496. The van der Waals surface area contributed by atoms with Crippen LogP contribution in [0.5, 0.6) is 0 Å². The average molecular weight is 282 g/mol. The number of nitrogens with two attached hydrogens (primary N) is 2. The van der Waals surface area contributed by atoms with E-state index in [1.54, 1.807) is 0 Å². The van der Waals surface area contributed by atoms with Crippen molar-refractivity contribution in [1.29, 1.82) is 0 Å². The van der Waals surface area contributed by atoms with Crippen LogP contribution in [0.1, 0.15) is 5.69 Å². The number of rotatable bonds is 6. The smallest absolute Gasteiger partial charge is 0.274 e. The first-order chi connectivity index (χ1) is 7.94. The summed E-state index contributed by atoms with van der Waals surface area (Å²) in [5.41, 5.74) is 5.40. The zero-order valence-electron chi connectivity index (χ0n) is 8.40. The monoisotopic (exact) mass is 282 g/mol. The Labute approximate surface area is 101 Å². The number of aromatic nitrogens is 2. The summed E-state index contributed by atoms with van der Waals surface area (Å²) in [4.78, 5) is 0. The van der Waals surface area contributed by atoms with Crippen molar-refractivity contribution >= 4 is 27.8 Å². The van der Waals surface area contributed by atoms with Gasteiger partial charge in [0.2, 0.25) is 0 Å². The van der Waals surface area contributed by atoms with Gasteiger partial charge in [-0.05, 0) is 10.3 Å². The molecule has 17 heavy (non-hydrogen) atoms. The number of nitrogens with one attached hydrogen (secondary N) is 1. The molecule has 0 atom stereocenters. The van der Waals surface area contributed by atoms with Gasteiger partial charge in [0, 0.05) is 12.3 Å². The molecule has 1 aromatic rings. The molecule has 0 aliphatic heterocycles. The topological polar surface area (TPSA) is 170 Å². The molecule has 12 heteroatoms. The number of oxime groups is 1. The molecular weight excluding hydrogens is 272 g/mol. The molecule has 1 rings (SSSR count). The number of hydrogen-bond donors (Lipinski definition) is 4. The molecule has 0 saturated heterocycles. The molecule has 10 nitrogen and oxygen atoms in total. The van der Waals surface area contributed by atoms with E-state index in [1.807, 2.05) is 0 Å². The lowest BCUT2D eigenvalue weighted by Gasteiger charge is -2.00. The van der Waals surface area contributed by atoms with Crippen LogP contribution in [0, 0.1) is 0 Å². The maximum Gasteiger partial charge on any atom is 0.274 e. The van der Waals surface area contributed by atoms with Crippen molar-refractivity contribution in [2.45, 2.75) is 5.03 Å². The first kappa shape index (κ1) is 13.7. The number of amidine groups is 1. The van der Waals surface area contributed by atoms with Gasteiger partial charge in [0.05, 0.1) is 0 Å². The van der Waals surface area contributed by atoms with Gasteiger partial charge in [-0.3, -0.25) is 0 Å². The molecule has 0 fully saturated rings. The van der Waals surface area contributed by atoms with E-state index in [-0.39, 0.29) is 23.1 Å². The predicted molar refractivity (Wildman–Crippen MR) is 58.6 cm³/mol. The summed E-state index contributed by atoms with van der Waals surface area (Å²) < 4.78 is 27.6. The fourth-order valence-electron chi connectivity index (χ4n) is 0.811. The minimum Gasteiger partial charge on any atom is -0.409 e. The Morgan fingerprint density at radius 3 is 2.88 bits per heavy atom. The fourth-order valence-corrected chi connectivity index (χ4v) is 2.09. The van der Waals surface area contributed by atoms with Crippen molar-refractivity contribution in [3.8, 4) is 0 Å². The molecule has 0 bridgehead atoms. The fraction of sp³-hybridized carbons (Fsp3) is 0.400. The first-order valence-electron chi connectivity index (χ1n) is 4.14. The van der Waals surface area contributed by atoms with Crippen LogP contribution in [0.15, 0.2) is 14.8 Å². The molecule has 0 spiro atoms. The standard InChI is InChI=1S/C5H10N6O4S2/c6-4(9-12)3-5(11-15-10-3)16-2-1-8-17(7,13)14/h8,12H,1-2H2,(H2,6,9)(H2,7,13,14). The number of thioether (sulfide) groups is 1. The van der Waals surface area contributed by atoms with Gasteiger partial charge in [-0.25, -0.2) is 14.5 Å². The van der Waals surface area contributed by atoms with E-state index in [4.69, 9.17) is 16.1 Å². The first-order valence-corrected chi connectivity index (χ1v) is 6.68. The number of nitrogens with zero attached hydrogens (tertiary/aromatic N) is 3. The third-order valence-electron chi connectivity index (χ3n) is 1.45. The van der Waals surface area contributed by atoms with Crippen LogP contribution in [-0.2, 0) is 10.2 Å². The molecule has 0 amide bonds. The van der Waals surface area contributed by atoms with Crippen LogP contribution < -0.4 is 15.6 Å². The summed E-state index contributed by atoms with van der Waals surface area (Å²) in [6.45, 7) is 0.103. The van der Waals surface area contributed by atoms with E-state index in [0.717, 1.165) is 11.8 Å². The zero-order chi connectivity index (χ0) is 12.9. The molecule has 0 aliphatic carbocycles. The van der Waals surface area contributed by atoms with Crippen molar-refractivity contribution in [2.24, 2.45) is 16.0 Å². The lowest BCUT2D eigenvalue weighted by Crippen LogP contribution is -2.32. The van der Waals surface area contributed by atoms with Gasteiger partial charge in [0.15, 0.2) is 16.6 Å². The summed E-state index contributed by atoms with van der Waals surface area (Å²) in [5, 5.41) is 23.2. The minimum absolute atomic E-state index is 0.0908. The minimum atomic E-state index is -3.71. The molecule has 1 aromatic heterocycles. The maximum atomic E-state index is 10.6. The highest BCUT2D eigenvalue weighted by Crippen LogP contribution is 2.17. The molecule has 96 valence electrons. The van der Waals surface area contributed by atoms with Gasteiger partial charge in [-0.15, -0.1) is 0 Å².